The molecule has 1 heterocycles. The number of halogens is 1. The number of anilines is 2. The fourth-order valence-electron chi connectivity index (χ4n) is 1.74. The predicted molar refractivity (Wildman–Crippen MR) is 77.1 cm³/mol. The summed E-state index contributed by atoms with van der Waals surface area (Å²) in [5.41, 5.74) is 2.29. The molecule has 0 radical (unpaired) electrons. The van der Waals surface area contributed by atoms with E-state index >= 15 is 0 Å². The molecule has 0 atom stereocenters. The molecule has 0 amide bonds. The Morgan fingerprint density at radius 3 is 2.61 bits per heavy atom. The van der Waals surface area contributed by atoms with Gasteiger partial charge in [-0.15, -0.1) is 0 Å². The summed E-state index contributed by atoms with van der Waals surface area (Å²) < 4.78 is 13.8. The van der Waals surface area contributed by atoms with Crippen molar-refractivity contribution >= 4 is 24.6 Å². The van der Waals surface area contributed by atoms with Gasteiger partial charge in [-0.3, -0.25) is 4.98 Å². The number of aromatic nitrogens is 1. The van der Waals surface area contributed by atoms with Crippen molar-refractivity contribution in [2.45, 2.75) is 6.92 Å². The average Bonchev–Trinajstić information content (AvgIpc) is 2.33. The predicted octanol–water partition coefficient (Wildman–Crippen LogP) is 3.64. The number of hydrogen-bond acceptors (Lipinski definition) is 2. The van der Waals surface area contributed by atoms with E-state index in [4.69, 9.17) is 0 Å². The first-order chi connectivity index (χ1) is 8.58. The molecule has 0 saturated carbocycles. The number of hydrogen-bond donors (Lipinski definition) is 1. The van der Waals surface area contributed by atoms with E-state index in [9.17, 15) is 4.39 Å². The van der Waals surface area contributed by atoms with Crippen molar-refractivity contribution in [3.05, 3.63) is 48.0 Å². The third kappa shape index (κ3) is 2.85. The van der Waals surface area contributed by atoms with Crippen molar-refractivity contribution in [3.8, 4) is 0 Å². The van der Waals surface area contributed by atoms with Crippen LogP contribution in [0.2, 0.25) is 0 Å². The maximum Gasteiger partial charge on any atom is 0.146 e. The van der Waals surface area contributed by atoms with E-state index in [0.29, 0.717) is 5.69 Å². The molecule has 1 N–H and O–H groups in total. The Hall–Kier alpha value is -1.47. The lowest BCUT2D eigenvalue weighted by molar-refractivity contribution is 0.631. The fourth-order valence-corrected chi connectivity index (χ4v) is 2.70. The minimum atomic E-state index is -0.253. The van der Waals surface area contributed by atoms with Crippen LogP contribution >= 0.6 is 7.92 Å². The lowest BCUT2D eigenvalue weighted by Crippen LogP contribution is -2.08. The van der Waals surface area contributed by atoms with Crippen LogP contribution in [0.25, 0.3) is 0 Å². The van der Waals surface area contributed by atoms with E-state index in [1.165, 1.54) is 11.4 Å². The summed E-state index contributed by atoms with van der Waals surface area (Å²) in [5.74, 6) is -0.235. The first-order valence-corrected chi connectivity index (χ1v) is 7.96. The molecule has 0 aliphatic rings. The highest BCUT2D eigenvalue weighted by Gasteiger charge is 2.08. The summed E-state index contributed by atoms with van der Waals surface area (Å²) in [5, 5.41) is 4.32. The Balaban J connectivity index is 2.34. The second-order valence-electron chi connectivity index (χ2n) is 4.40. The van der Waals surface area contributed by atoms with Crippen LogP contribution in [0, 0.1) is 12.7 Å². The van der Waals surface area contributed by atoms with Gasteiger partial charge in [0.2, 0.25) is 0 Å². The van der Waals surface area contributed by atoms with Gasteiger partial charge in [0.1, 0.15) is 5.82 Å². The maximum atomic E-state index is 13.8. The summed E-state index contributed by atoms with van der Waals surface area (Å²) in [6, 6.07) is 7.16. The zero-order chi connectivity index (χ0) is 13.1. The minimum absolute atomic E-state index is 0.235. The van der Waals surface area contributed by atoms with Crippen molar-refractivity contribution in [2.24, 2.45) is 0 Å². The second-order valence-corrected chi connectivity index (χ2v) is 6.67. The van der Waals surface area contributed by atoms with Crippen LogP contribution in [0.3, 0.4) is 0 Å². The highest BCUT2D eigenvalue weighted by atomic mass is 31.1. The normalized spacial score (nSPS) is 10.7. The van der Waals surface area contributed by atoms with Gasteiger partial charge < -0.3 is 5.32 Å². The second kappa shape index (κ2) is 5.45. The maximum absolute atomic E-state index is 13.8. The number of rotatable bonds is 3. The molecule has 0 aliphatic carbocycles. The van der Waals surface area contributed by atoms with E-state index in [1.54, 1.807) is 18.5 Å². The van der Waals surface area contributed by atoms with E-state index in [1.807, 2.05) is 19.1 Å². The largest absolute Gasteiger partial charge is 0.351 e. The van der Waals surface area contributed by atoms with E-state index in [-0.39, 0.29) is 13.7 Å². The molecule has 1 aromatic heterocycles. The molecular formula is C14H16FN2P. The topological polar surface area (TPSA) is 24.9 Å². The standard InChI is InChI=1S/C14H16FN2P/c1-10-4-5-12(11(15)8-10)17-13-9-16-7-6-14(13)18(2)3/h4-9,17H,1-3H3. The highest BCUT2D eigenvalue weighted by Crippen LogP contribution is 2.29. The van der Waals surface area contributed by atoms with Crippen molar-refractivity contribution in [2.75, 3.05) is 18.6 Å². The summed E-state index contributed by atoms with van der Waals surface area (Å²) >= 11 is 0. The molecule has 18 heavy (non-hydrogen) atoms. The third-order valence-electron chi connectivity index (χ3n) is 2.67. The lowest BCUT2D eigenvalue weighted by atomic mass is 10.2. The monoisotopic (exact) mass is 262 g/mol. The van der Waals surface area contributed by atoms with Gasteiger partial charge in [0.05, 0.1) is 17.6 Å². The van der Waals surface area contributed by atoms with Gasteiger partial charge in [0.25, 0.3) is 0 Å². The van der Waals surface area contributed by atoms with Crippen LogP contribution in [0.1, 0.15) is 5.56 Å². The van der Waals surface area contributed by atoms with Crippen LogP contribution < -0.4 is 10.6 Å². The first-order valence-electron chi connectivity index (χ1n) is 5.72. The average molecular weight is 262 g/mol. The number of nitrogens with one attached hydrogen (secondary N) is 1. The molecule has 0 saturated heterocycles. The number of pyridine rings is 1. The van der Waals surface area contributed by atoms with Crippen LogP contribution in [0.15, 0.2) is 36.7 Å². The van der Waals surface area contributed by atoms with Gasteiger partial charge in [0, 0.05) is 11.5 Å². The number of benzene rings is 1. The van der Waals surface area contributed by atoms with E-state index in [0.717, 1.165) is 11.3 Å². The van der Waals surface area contributed by atoms with E-state index in [2.05, 4.69) is 23.6 Å². The minimum Gasteiger partial charge on any atom is -0.351 e. The molecule has 94 valence electrons. The van der Waals surface area contributed by atoms with Gasteiger partial charge in [-0.1, -0.05) is 14.0 Å². The summed E-state index contributed by atoms with van der Waals surface area (Å²) in [6.07, 6.45) is 3.52. The van der Waals surface area contributed by atoms with Crippen molar-refractivity contribution in [1.29, 1.82) is 0 Å². The summed E-state index contributed by atoms with van der Waals surface area (Å²) in [4.78, 5) is 4.10. The Kier molecular flexibility index (Phi) is 3.93. The van der Waals surface area contributed by atoms with Crippen molar-refractivity contribution < 1.29 is 4.39 Å². The van der Waals surface area contributed by atoms with Crippen molar-refractivity contribution in [3.63, 3.8) is 0 Å². The van der Waals surface area contributed by atoms with Crippen molar-refractivity contribution in [1.82, 2.24) is 4.98 Å². The van der Waals surface area contributed by atoms with Gasteiger partial charge in [-0.2, -0.15) is 0 Å². The summed E-state index contributed by atoms with van der Waals surface area (Å²) in [6.45, 7) is 6.21. The smallest absolute Gasteiger partial charge is 0.146 e. The SMILES string of the molecule is Cc1ccc(Nc2cnccc2P(C)C)c(F)c1. The Morgan fingerprint density at radius 2 is 1.94 bits per heavy atom. The number of aryl methyl sites for hydroxylation is 1. The van der Waals surface area contributed by atoms with Crippen LogP contribution in [0.4, 0.5) is 15.8 Å². The Labute approximate surface area is 108 Å². The summed E-state index contributed by atoms with van der Waals surface area (Å²) in [7, 11) is -0.253. The quantitative estimate of drug-likeness (QED) is 0.854. The van der Waals surface area contributed by atoms with Crippen LogP contribution in [-0.2, 0) is 0 Å². The number of nitrogens with zero attached hydrogens (tertiary/aromatic N) is 1. The molecule has 0 aliphatic heterocycles. The first kappa shape index (κ1) is 13.0. The Bertz CT molecular complexity index is 555. The molecule has 2 aromatic rings. The lowest BCUT2D eigenvalue weighted by Gasteiger charge is -2.14. The van der Waals surface area contributed by atoms with Crippen LogP contribution in [0.5, 0.6) is 0 Å². The fraction of sp³-hybridized carbons (Fsp3) is 0.214. The molecule has 0 spiro atoms. The molecule has 0 bridgehead atoms. The van der Waals surface area contributed by atoms with Gasteiger partial charge >= 0.3 is 0 Å². The van der Waals surface area contributed by atoms with Crippen LogP contribution in [-0.4, -0.2) is 18.3 Å². The zero-order valence-electron chi connectivity index (χ0n) is 10.7. The molecule has 1 aromatic carbocycles. The molecule has 0 fully saturated rings. The van der Waals surface area contributed by atoms with Gasteiger partial charge in [0.15, 0.2) is 0 Å². The van der Waals surface area contributed by atoms with Gasteiger partial charge in [-0.25, -0.2) is 4.39 Å². The zero-order valence-corrected chi connectivity index (χ0v) is 11.6. The molecule has 4 heteroatoms. The molecule has 0 unspecified atom stereocenters. The van der Waals surface area contributed by atoms with Gasteiger partial charge in [-0.05, 0) is 44.0 Å². The highest BCUT2D eigenvalue weighted by molar-refractivity contribution is 7.64. The third-order valence-corrected chi connectivity index (χ3v) is 4.03. The van der Waals surface area contributed by atoms with E-state index < -0.39 is 0 Å². The Morgan fingerprint density at radius 1 is 1.17 bits per heavy atom. The molecule has 2 rings (SSSR count). The molecular weight excluding hydrogens is 246 g/mol. The molecule has 2 nitrogen and oxygen atoms in total.